The van der Waals surface area contributed by atoms with Gasteiger partial charge in [-0.3, -0.25) is 4.79 Å². The highest BCUT2D eigenvalue weighted by atomic mass is 35.5. The molecule has 11 heteroatoms. The number of nitrogens with zero attached hydrogens (tertiary/aromatic N) is 2. The Hall–Kier alpha value is -2.07. The second-order valence-electron chi connectivity index (χ2n) is 5.95. The summed E-state index contributed by atoms with van der Waals surface area (Å²) in [5, 5.41) is 11.6. The molecule has 0 saturated heterocycles. The lowest BCUT2D eigenvalue weighted by Crippen LogP contribution is -2.07. The van der Waals surface area contributed by atoms with Gasteiger partial charge in [0.2, 0.25) is 11.8 Å². The van der Waals surface area contributed by atoms with Crippen LogP contribution < -0.4 is 5.32 Å². The molecule has 3 aromatic rings. The molecule has 0 radical (unpaired) electrons. The Morgan fingerprint density at radius 1 is 1.14 bits per heavy atom. The largest absolute Gasteiger partial charge is 0.415 e. The van der Waals surface area contributed by atoms with Crippen molar-refractivity contribution in [3.63, 3.8) is 0 Å². The number of thioether (sulfide) groups is 1. The molecule has 1 amide bonds. The van der Waals surface area contributed by atoms with Crippen LogP contribution in [0.15, 0.2) is 57.0 Å². The molecule has 0 spiro atoms. The Balaban J connectivity index is 1.64. The van der Waals surface area contributed by atoms with Crippen LogP contribution in [0.25, 0.3) is 0 Å². The molecular formula is C18H15Cl2N3O4S2. The summed E-state index contributed by atoms with van der Waals surface area (Å²) in [5.74, 6) is -0.214. The van der Waals surface area contributed by atoms with Gasteiger partial charge >= 0.3 is 0 Å². The van der Waals surface area contributed by atoms with Crippen molar-refractivity contribution < 1.29 is 17.6 Å². The number of hydrogen-bond acceptors (Lipinski definition) is 7. The van der Waals surface area contributed by atoms with Crippen LogP contribution >= 0.6 is 35.0 Å². The maximum atomic E-state index is 12.5. The van der Waals surface area contributed by atoms with Crippen LogP contribution in [0, 0.1) is 0 Å². The number of nitrogens with one attached hydrogen (secondary N) is 1. The number of carbonyl (C=O) groups is 1. The average Bonchev–Trinajstić information content (AvgIpc) is 3.07. The van der Waals surface area contributed by atoms with E-state index in [1.54, 1.807) is 18.2 Å². The molecule has 0 aliphatic rings. The molecule has 1 aromatic heterocycles. The molecule has 2 aromatic carbocycles. The normalized spacial score (nSPS) is 11.4. The summed E-state index contributed by atoms with van der Waals surface area (Å²) < 4.78 is 30.5. The minimum Gasteiger partial charge on any atom is -0.415 e. The van der Waals surface area contributed by atoms with E-state index < -0.39 is 15.6 Å². The highest BCUT2D eigenvalue weighted by molar-refractivity contribution is 7.98. The Labute approximate surface area is 181 Å². The molecule has 0 bridgehead atoms. The predicted octanol–water partition coefficient (Wildman–Crippen LogP) is 4.60. The first-order chi connectivity index (χ1) is 13.7. The number of anilines is 1. The third kappa shape index (κ3) is 5.96. The molecule has 0 aliphatic heterocycles. The summed E-state index contributed by atoms with van der Waals surface area (Å²) in [6.07, 6.45) is 0. The van der Waals surface area contributed by atoms with E-state index in [4.69, 9.17) is 27.6 Å². The summed E-state index contributed by atoms with van der Waals surface area (Å²) in [6.45, 7) is 1.37. The standard InChI is InChI=1S/C18H15Cl2N3O4S2/c1-11(24)21-14-4-6-15(7-5-14)29(25,26)10-17-22-23-18(27-17)28-9-12-2-3-13(19)8-16(12)20/h2-8H,9-10H2,1H3,(H,21,24). The maximum absolute atomic E-state index is 12.5. The molecule has 0 fully saturated rings. The van der Waals surface area contributed by atoms with E-state index >= 15 is 0 Å². The smallest absolute Gasteiger partial charge is 0.276 e. The molecule has 3 rings (SSSR count). The summed E-state index contributed by atoms with van der Waals surface area (Å²) >= 11 is 13.2. The summed E-state index contributed by atoms with van der Waals surface area (Å²) in [6, 6.07) is 11.0. The van der Waals surface area contributed by atoms with E-state index in [0.29, 0.717) is 21.5 Å². The van der Waals surface area contributed by atoms with Crippen molar-refractivity contribution in [2.45, 2.75) is 28.5 Å². The zero-order valence-electron chi connectivity index (χ0n) is 15.1. The van der Waals surface area contributed by atoms with Crippen molar-refractivity contribution in [1.82, 2.24) is 10.2 Å². The van der Waals surface area contributed by atoms with Crippen molar-refractivity contribution in [2.24, 2.45) is 0 Å². The molecular weight excluding hydrogens is 457 g/mol. The zero-order valence-corrected chi connectivity index (χ0v) is 18.2. The summed E-state index contributed by atoms with van der Waals surface area (Å²) in [4.78, 5) is 11.1. The maximum Gasteiger partial charge on any atom is 0.276 e. The third-order valence-corrected chi connectivity index (χ3v) is 6.73. The highest BCUT2D eigenvalue weighted by Crippen LogP contribution is 2.28. The first-order valence-electron chi connectivity index (χ1n) is 8.22. The van der Waals surface area contributed by atoms with Crippen LogP contribution in [0.3, 0.4) is 0 Å². The molecule has 152 valence electrons. The quantitative estimate of drug-likeness (QED) is 0.502. The molecule has 29 heavy (non-hydrogen) atoms. The van der Waals surface area contributed by atoms with Crippen LogP contribution in [0.5, 0.6) is 0 Å². The van der Waals surface area contributed by atoms with E-state index in [1.165, 1.54) is 43.0 Å². The van der Waals surface area contributed by atoms with Gasteiger partial charge in [0.25, 0.3) is 5.22 Å². The average molecular weight is 472 g/mol. The van der Waals surface area contributed by atoms with Gasteiger partial charge < -0.3 is 9.73 Å². The minimum atomic E-state index is -3.68. The van der Waals surface area contributed by atoms with E-state index in [1.807, 2.05) is 0 Å². The third-order valence-electron chi connectivity index (χ3n) is 3.66. The van der Waals surface area contributed by atoms with Gasteiger partial charge in [0.05, 0.1) is 4.90 Å². The van der Waals surface area contributed by atoms with Gasteiger partial charge in [-0.05, 0) is 42.0 Å². The molecule has 7 nitrogen and oxygen atoms in total. The van der Waals surface area contributed by atoms with Gasteiger partial charge in [0.1, 0.15) is 5.75 Å². The SMILES string of the molecule is CC(=O)Nc1ccc(S(=O)(=O)Cc2nnc(SCc3ccc(Cl)cc3Cl)o2)cc1. The monoisotopic (exact) mass is 471 g/mol. The number of halogens is 2. The van der Waals surface area contributed by atoms with Crippen LogP contribution in [0.4, 0.5) is 5.69 Å². The van der Waals surface area contributed by atoms with E-state index in [-0.39, 0.29) is 21.9 Å². The van der Waals surface area contributed by atoms with Gasteiger partial charge in [-0.2, -0.15) is 0 Å². The fourth-order valence-electron chi connectivity index (χ4n) is 2.33. The second-order valence-corrected chi connectivity index (χ2v) is 9.71. The van der Waals surface area contributed by atoms with Gasteiger partial charge in [-0.1, -0.05) is 41.0 Å². The van der Waals surface area contributed by atoms with Gasteiger partial charge in [0, 0.05) is 28.4 Å². The van der Waals surface area contributed by atoms with E-state index in [0.717, 1.165) is 5.56 Å². The molecule has 0 unspecified atom stereocenters. The van der Waals surface area contributed by atoms with Crippen LogP contribution in [0.2, 0.25) is 10.0 Å². The second kappa shape index (κ2) is 9.17. The predicted molar refractivity (Wildman–Crippen MR) is 112 cm³/mol. The lowest BCUT2D eigenvalue weighted by atomic mass is 10.2. The van der Waals surface area contributed by atoms with Crippen LogP contribution in [-0.2, 0) is 26.1 Å². The van der Waals surface area contributed by atoms with Crippen molar-refractivity contribution in [3.05, 3.63) is 64.0 Å². The Kier molecular flexibility index (Phi) is 6.84. The van der Waals surface area contributed by atoms with Gasteiger partial charge in [-0.15, -0.1) is 10.2 Å². The number of benzene rings is 2. The minimum absolute atomic E-state index is 0.0133. The first kappa shape index (κ1) is 21.6. The number of hydrogen-bond donors (Lipinski definition) is 1. The fourth-order valence-corrected chi connectivity index (χ4v) is 4.83. The lowest BCUT2D eigenvalue weighted by molar-refractivity contribution is -0.114. The summed E-state index contributed by atoms with van der Waals surface area (Å²) in [7, 11) is -3.68. The van der Waals surface area contributed by atoms with Crippen molar-refractivity contribution in [2.75, 3.05) is 5.32 Å². The number of carbonyl (C=O) groups excluding carboxylic acids is 1. The van der Waals surface area contributed by atoms with E-state index in [2.05, 4.69) is 15.5 Å². The fraction of sp³-hybridized carbons (Fsp3) is 0.167. The number of rotatable bonds is 7. The van der Waals surface area contributed by atoms with Crippen molar-refractivity contribution in [1.29, 1.82) is 0 Å². The molecule has 0 atom stereocenters. The highest BCUT2D eigenvalue weighted by Gasteiger charge is 2.20. The first-order valence-corrected chi connectivity index (χ1v) is 11.6. The Bertz CT molecular complexity index is 1130. The van der Waals surface area contributed by atoms with Crippen molar-refractivity contribution >= 4 is 56.4 Å². The lowest BCUT2D eigenvalue weighted by Gasteiger charge is -2.05. The Morgan fingerprint density at radius 3 is 2.52 bits per heavy atom. The zero-order chi connectivity index (χ0) is 21.0. The number of amides is 1. The molecule has 0 aliphatic carbocycles. The van der Waals surface area contributed by atoms with Gasteiger partial charge in [0.15, 0.2) is 9.84 Å². The van der Waals surface area contributed by atoms with Crippen LogP contribution in [-0.4, -0.2) is 24.5 Å². The molecule has 0 saturated carbocycles. The summed E-state index contributed by atoms with van der Waals surface area (Å²) in [5.41, 5.74) is 1.35. The van der Waals surface area contributed by atoms with Crippen LogP contribution in [0.1, 0.15) is 18.4 Å². The van der Waals surface area contributed by atoms with E-state index in [9.17, 15) is 13.2 Å². The van der Waals surface area contributed by atoms with Crippen molar-refractivity contribution in [3.8, 4) is 0 Å². The topological polar surface area (TPSA) is 102 Å². The number of sulfone groups is 1. The molecule has 1 heterocycles. The van der Waals surface area contributed by atoms with Gasteiger partial charge in [-0.25, -0.2) is 8.42 Å². The molecule has 1 N–H and O–H groups in total. The number of aromatic nitrogens is 2. The Morgan fingerprint density at radius 2 is 1.86 bits per heavy atom.